The highest BCUT2D eigenvalue weighted by Gasteiger charge is 2.02. The van der Waals surface area contributed by atoms with Gasteiger partial charge >= 0.3 is 13.4 Å². The van der Waals surface area contributed by atoms with E-state index in [0.29, 0.717) is 0 Å². The van der Waals surface area contributed by atoms with Gasteiger partial charge in [0.25, 0.3) is 0 Å². The number of rotatable bonds is 22. The van der Waals surface area contributed by atoms with E-state index in [-0.39, 0.29) is 0 Å². The van der Waals surface area contributed by atoms with Crippen LogP contribution in [-0.4, -0.2) is 29.4 Å². The van der Waals surface area contributed by atoms with Crippen molar-refractivity contribution in [3.63, 3.8) is 0 Å². The molecule has 0 atom stereocenters. The first-order valence-electron chi connectivity index (χ1n) is 15.5. The van der Waals surface area contributed by atoms with Crippen molar-refractivity contribution in [3.8, 4) is 0 Å². The maximum atomic E-state index is 7.56. The van der Waals surface area contributed by atoms with Gasteiger partial charge in [0.05, 0.1) is 0 Å². The smallest absolute Gasteiger partial charge is 0.319 e. The summed E-state index contributed by atoms with van der Waals surface area (Å²) in [5, 5.41) is 0. The topological polar surface area (TPSA) is 121 Å². The molecule has 10 heteroatoms. The van der Waals surface area contributed by atoms with Crippen molar-refractivity contribution in [1.82, 2.24) is 0 Å². The molecule has 1 rings (SSSR count). The van der Waals surface area contributed by atoms with E-state index in [1.54, 1.807) is 11.1 Å². The highest BCUT2D eigenvalue weighted by atomic mass is 32.5. The Labute approximate surface area is 256 Å². The van der Waals surface area contributed by atoms with Crippen LogP contribution >= 0.6 is 13.4 Å². The van der Waals surface area contributed by atoms with Crippen LogP contribution in [-0.2, 0) is 36.5 Å². The summed E-state index contributed by atoms with van der Waals surface area (Å²) in [4.78, 5) is 45.3. The summed E-state index contributed by atoms with van der Waals surface area (Å²) in [5.74, 6) is 0. The Kier molecular flexibility index (Phi) is 31.1. The molecule has 0 radical (unpaired) electrons. The summed E-state index contributed by atoms with van der Waals surface area (Å²) in [6.07, 6.45) is 31.2. The van der Waals surface area contributed by atoms with Crippen LogP contribution < -0.4 is 0 Å². The van der Waals surface area contributed by atoms with Crippen molar-refractivity contribution in [2.75, 3.05) is 0 Å². The molecule has 40 heavy (non-hydrogen) atoms. The van der Waals surface area contributed by atoms with Gasteiger partial charge in [0.15, 0.2) is 0 Å². The Balaban J connectivity index is 0. The van der Waals surface area contributed by atoms with Gasteiger partial charge in [-0.05, 0) is 60.4 Å². The Morgan fingerprint density at radius 3 is 0.850 bits per heavy atom. The first-order valence-corrected chi connectivity index (χ1v) is 20.8. The zero-order valence-corrected chi connectivity index (χ0v) is 28.7. The van der Waals surface area contributed by atoms with E-state index in [1.165, 1.54) is 141 Å². The van der Waals surface area contributed by atoms with Crippen LogP contribution in [0, 0.1) is 0 Å². The van der Waals surface area contributed by atoms with Gasteiger partial charge in [0, 0.05) is 0 Å². The molecule has 0 fully saturated rings. The Hall–Kier alpha value is 0.280. The van der Waals surface area contributed by atoms with E-state index in [2.05, 4.69) is 61.7 Å². The van der Waals surface area contributed by atoms with E-state index in [4.69, 9.17) is 29.4 Å². The second-order valence-corrected chi connectivity index (χ2v) is 15.7. The summed E-state index contributed by atoms with van der Waals surface area (Å²) < 4.78 is 0. The lowest BCUT2D eigenvalue weighted by Crippen LogP contribution is -1.95. The van der Waals surface area contributed by atoms with Gasteiger partial charge in [0.1, 0.15) is 0 Å². The quantitative estimate of drug-likeness (QED) is 0.0548. The minimum absolute atomic E-state index is 1.30. The van der Waals surface area contributed by atoms with Crippen LogP contribution in [0.1, 0.15) is 153 Å². The first-order chi connectivity index (χ1) is 18.9. The van der Waals surface area contributed by atoms with E-state index >= 15 is 0 Å². The summed E-state index contributed by atoms with van der Waals surface area (Å²) >= 11 is 7.21. The van der Waals surface area contributed by atoms with Crippen molar-refractivity contribution >= 4 is 37.1 Å². The average Bonchev–Trinajstić information content (AvgIpc) is 2.85. The summed E-state index contributed by atoms with van der Waals surface area (Å²) in [5.41, 5.74) is 3.26. The number of hydrogen-bond acceptors (Lipinski definition) is 2. The predicted octanol–water partition coefficient (Wildman–Crippen LogP) is 8.99. The molecule has 1 aromatic rings. The lowest BCUT2D eigenvalue weighted by Gasteiger charge is -2.10. The largest absolute Gasteiger partial charge is 0.325 e. The van der Waals surface area contributed by atoms with E-state index in [1.807, 2.05) is 0 Å². The van der Waals surface area contributed by atoms with Crippen LogP contribution in [0.4, 0.5) is 0 Å². The van der Waals surface area contributed by atoms with Gasteiger partial charge in [-0.15, -0.1) is 0 Å². The van der Waals surface area contributed by atoms with Crippen LogP contribution in [0.15, 0.2) is 24.3 Å². The SMILES string of the molecule is CCCCCCCCCCCCc1ccccc1CCCCCCCCCCCC.OP(O)(O)=S.OP(O)(O)=S. The van der Waals surface area contributed by atoms with E-state index in [0.717, 1.165) is 0 Å². The fraction of sp³-hybridized carbons (Fsp3) is 0.800. The molecule has 0 aliphatic rings. The predicted molar refractivity (Wildman–Crippen MR) is 179 cm³/mol. The van der Waals surface area contributed by atoms with Crippen LogP contribution in [0.3, 0.4) is 0 Å². The maximum absolute atomic E-state index is 7.56. The van der Waals surface area contributed by atoms with Crippen LogP contribution in [0.2, 0.25) is 0 Å². The molecule has 0 aliphatic heterocycles. The summed E-state index contributed by atoms with van der Waals surface area (Å²) in [6, 6.07) is 9.26. The average molecular weight is 643 g/mol. The fourth-order valence-electron chi connectivity index (χ4n) is 4.65. The zero-order chi connectivity index (χ0) is 30.5. The monoisotopic (exact) mass is 642 g/mol. The molecule has 0 aromatic heterocycles. The Morgan fingerprint density at radius 1 is 0.425 bits per heavy atom. The molecule has 238 valence electrons. The van der Waals surface area contributed by atoms with Crippen molar-refractivity contribution in [3.05, 3.63) is 35.4 Å². The third kappa shape index (κ3) is 42.7. The second-order valence-electron chi connectivity index (χ2n) is 10.7. The molecule has 6 N–H and O–H groups in total. The van der Waals surface area contributed by atoms with Crippen molar-refractivity contribution in [2.45, 2.75) is 155 Å². The summed E-state index contributed by atoms with van der Waals surface area (Å²) in [7, 11) is 0. The molecule has 1 aromatic carbocycles. The second kappa shape index (κ2) is 29.4. The summed E-state index contributed by atoms with van der Waals surface area (Å²) in [6.45, 7) is -3.01. The molecule has 0 saturated heterocycles. The minimum atomic E-state index is -3.81. The van der Waals surface area contributed by atoms with E-state index < -0.39 is 13.4 Å². The Morgan fingerprint density at radius 2 is 0.625 bits per heavy atom. The first kappa shape index (κ1) is 42.4. The molecule has 0 saturated carbocycles. The highest BCUT2D eigenvalue weighted by molar-refractivity contribution is 8.06. The molecule has 0 unspecified atom stereocenters. The van der Waals surface area contributed by atoms with Gasteiger partial charge in [-0.2, -0.15) is 0 Å². The van der Waals surface area contributed by atoms with Crippen LogP contribution in [0.5, 0.6) is 0 Å². The minimum Gasteiger partial charge on any atom is -0.325 e. The fourth-order valence-corrected chi connectivity index (χ4v) is 4.65. The van der Waals surface area contributed by atoms with Gasteiger partial charge in [-0.25, -0.2) is 0 Å². The number of aryl methyl sites for hydroxylation is 2. The van der Waals surface area contributed by atoms with Gasteiger partial charge in [-0.3, -0.25) is 0 Å². The van der Waals surface area contributed by atoms with E-state index in [9.17, 15) is 0 Å². The molecule has 6 nitrogen and oxygen atoms in total. The molecule has 0 heterocycles. The van der Waals surface area contributed by atoms with Crippen molar-refractivity contribution < 1.29 is 29.4 Å². The maximum Gasteiger partial charge on any atom is 0.319 e. The third-order valence-corrected chi connectivity index (χ3v) is 6.72. The van der Waals surface area contributed by atoms with Crippen molar-refractivity contribution in [2.24, 2.45) is 0 Å². The number of benzene rings is 1. The molecule has 0 amide bonds. The lowest BCUT2D eigenvalue weighted by atomic mass is 9.96. The number of hydrogen-bond donors (Lipinski definition) is 6. The normalized spacial score (nSPS) is 11.4. The van der Waals surface area contributed by atoms with Crippen molar-refractivity contribution in [1.29, 1.82) is 0 Å². The molecule has 0 spiro atoms. The molecule has 0 aliphatic carbocycles. The zero-order valence-electron chi connectivity index (χ0n) is 25.3. The van der Waals surface area contributed by atoms with Gasteiger partial charge < -0.3 is 29.4 Å². The van der Waals surface area contributed by atoms with Gasteiger partial charge in [-0.1, -0.05) is 154 Å². The molecular formula is C30H60O6P2S2. The Bertz CT molecular complexity index is 691. The highest BCUT2D eigenvalue weighted by Crippen LogP contribution is 2.27. The standard InChI is InChI=1S/C30H54.2H3O3PS/c1-3-5-7-9-11-13-15-17-19-21-25-29-27-23-24-28-30(29)26-22-20-18-16-14-12-10-8-6-4-2;2*1-4(2,3)5/h23-24,27-28H,3-22,25-26H2,1-2H3;2*(H3,1,2,3,5). The van der Waals surface area contributed by atoms with Crippen LogP contribution in [0.25, 0.3) is 0 Å². The lowest BCUT2D eigenvalue weighted by molar-refractivity contribution is 0.361. The number of unbranched alkanes of at least 4 members (excludes halogenated alkanes) is 18. The molecule has 0 bridgehead atoms. The third-order valence-electron chi connectivity index (χ3n) is 6.72. The van der Waals surface area contributed by atoms with Gasteiger partial charge in [0.2, 0.25) is 0 Å². The molecular weight excluding hydrogens is 582 g/mol.